The summed E-state index contributed by atoms with van der Waals surface area (Å²) in [5, 5.41) is 20.8. The van der Waals surface area contributed by atoms with Gasteiger partial charge in [0.2, 0.25) is 11.6 Å². The molecule has 278 valence electrons. The van der Waals surface area contributed by atoms with E-state index in [-0.39, 0.29) is 49.1 Å². The lowest BCUT2D eigenvalue weighted by Gasteiger charge is -2.60. The molecule has 4 bridgehead atoms. The van der Waals surface area contributed by atoms with Crippen molar-refractivity contribution in [2.24, 2.45) is 47.3 Å². The summed E-state index contributed by atoms with van der Waals surface area (Å²) >= 11 is 0. The molecule has 8 aliphatic heterocycles. The first-order valence-corrected chi connectivity index (χ1v) is 19.7. The zero-order chi connectivity index (χ0) is 34.8. The second-order valence-electron chi connectivity index (χ2n) is 18.0. The molecular formula is C40H58O10. The van der Waals surface area contributed by atoms with Gasteiger partial charge in [-0.1, -0.05) is 39.8 Å². The molecule has 2 spiro atoms. The summed E-state index contributed by atoms with van der Waals surface area (Å²) in [4.78, 5) is 25.0. The highest BCUT2D eigenvalue weighted by Crippen LogP contribution is 2.62. The van der Waals surface area contributed by atoms with Crippen LogP contribution in [0.5, 0.6) is 0 Å². The molecule has 2 unspecified atom stereocenters. The molecule has 10 nitrogen and oxygen atoms in total. The summed E-state index contributed by atoms with van der Waals surface area (Å²) in [6.07, 6.45) is 8.00. The molecule has 10 heteroatoms. The van der Waals surface area contributed by atoms with Gasteiger partial charge in [-0.2, -0.15) is 0 Å². The molecule has 50 heavy (non-hydrogen) atoms. The molecule has 10 fully saturated rings. The van der Waals surface area contributed by atoms with Crippen LogP contribution in [0, 0.1) is 47.3 Å². The van der Waals surface area contributed by atoms with Gasteiger partial charge in [-0.25, -0.2) is 19.6 Å². The number of rotatable bonds is 6. The van der Waals surface area contributed by atoms with Crippen molar-refractivity contribution in [3.8, 4) is 0 Å². The van der Waals surface area contributed by atoms with Crippen LogP contribution in [0.4, 0.5) is 0 Å². The van der Waals surface area contributed by atoms with Gasteiger partial charge >= 0.3 is 0 Å². The zero-order valence-electron chi connectivity index (χ0n) is 30.7. The Balaban J connectivity index is 1.04. The summed E-state index contributed by atoms with van der Waals surface area (Å²) < 4.78 is 27.4. The van der Waals surface area contributed by atoms with Crippen LogP contribution < -0.4 is 0 Å². The molecule has 8 saturated heterocycles. The summed E-state index contributed by atoms with van der Waals surface area (Å²) in [6, 6.07) is 4.17. The van der Waals surface area contributed by atoms with Crippen LogP contribution in [-0.2, 0) is 64.6 Å². The number of fused-ring (bicyclic) bond motifs is 4. The lowest BCUT2D eigenvalue weighted by molar-refractivity contribution is -0.571. The topological polar surface area (TPSA) is 114 Å². The van der Waals surface area contributed by atoms with Crippen molar-refractivity contribution in [1.82, 2.24) is 0 Å². The summed E-state index contributed by atoms with van der Waals surface area (Å²) in [6.45, 7) is 12.9. The molecular weight excluding hydrogens is 640 g/mol. The minimum atomic E-state index is -0.826. The first kappa shape index (κ1) is 34.6. The van der Waals surface area contributed by atoms with Crippen LogP contribution in [0.1, 0.15) is 115 Å². The zero-order valence-corrected chi connectivity index (χ0v) is 30.7. The molecule has 11 rings (SSSR count). The van der Waals surface area contributed by atoms with Crippen LogP contribution in [0.15, 0.2) is 12.1 Å². The summed E-state index contributed by atoms with van der Waals surface area (Å²) in [5.41, 5.74) is 2.50. The normalized spacial score (nSPS) is 52.2. The maximum Gasteiger partial charge on any atom is 0.201 e. The van der Waals surface area contributed by atoms with Crippen LogP contribution in [-0.4, -0.2) is 57.8 Å². The number of hydrogen-bond acceptors (Lipinski definition) is 10. The largest absolute Gasteiger partial charge is 0.392 e. The number of ether oxygens (including phenoxy) is 4. The van der Waals surface area contributed by atoms with E-state index < -0.39 is 35.4 Å². The van der Waals surface area contributed by atoms with Crippen molar-refractivity contribution < 1.29 is 48.7 Å². The van der Waals surface area contributed by atoms with Gasteiger partial charge in [0.1, 0.15) is 0 Å². The van der Waals surface area contributed by atoms with E-state index in [4.69, 9.17) is 38.5 Å². The molecule has 0 radical (unpaired) electrons. The monoisotopic (exact) mass is 698 g/mol. The lowest BCUT2D eigenvalue weighted by Crippen LogP contribution is -2.70. The van der Waals surface area contributed by atoms with E-state index in [2.05, 4.69) is 39.8 Å². The molecule has 0 amide bonds. The maximum atomic E-state index is 10.4. The van der Waals surface area contributed by atoms with E-state index in [1.54, 1.807) is 0 Å². The second-order valence-corrected chi connectivity index (χ2v) is 18.0. The third-order valence-corrected chi connectivity index (χ3v) is 15.3. The average Bonchev–Trinajstić information content (AvgIpc) is 3.47. The third kappa shape index (κ3) is 4.96. The Morgan fingerprint density at radius 3 is 1.38 bits per heavy atom. The highest BCUT2D eigenvalue weighted by Gasteiger charge is 2.71. The summed E-state index contributed by atoms with van der Waals surface area (Å²) in [7, 11) is 0. The first-order chi connectivity index (χ1) is 23.9. The quantitative estimate of drug-likeness (QED) is 0.330. The van der Waals surface area contributed by atoms with E-state index >= 15 is 0 Å². The summed E-state index contributed by atoms with van der Waals surface area (Å²) in [5.74, 6) is 0.838. The van der Waals surface area contributed by atoms with Gasteiger partial charge in [0, 0.05) is 24.7 Å². The van der Waals surface area contributed by atoms with E-state index in [0.717, 1.165) is 73.6 Å². The minimum Gasteiger partial charge on any atom is -0.392 e. The van der Waals surface area contributed by atoms with Crippen LogP contribution in [0.25, 0.3) is 0 Å². The lowest BCUT2D eigenvalue weighted by atomic mass is 9.57. The molecule has 0 aromatic heterocycles. The van der Waals surface area contributed by atoms with Gasteiger partial charge in [0.05, 0.1) is 25.4 Å². The molecule has 2 saturated carbocycles. The number of benzene rings is 1. The van der Waals surface area contributed by atoms with Crippen molar-refractivity contribution in [3.63, 3.8) is 0 Å². The number of aliphatic hydroxyl groups excluding tert-OH is 2. The predicted octanol–water partition coefficient (Wildman–Crippen LogP) is 6.26. The van der Waals surface area contributed by atoms with Gasteiger partial charge in [-0.3, -0.25) is 0 Å². The maximum absolute atomic E-state index is 10.4. The van der Waals surface area contributed by atoms with E-state index in [1.807, 2.05) is 13.8 Å². The Labute approximate surface area is 296 Å². The standard InChI is InChI=1S/C40H58O10/c1-21-7-9-31-23(3)33(43-35-39(31)29(21)11-13-37(5,45-35)47-49-39)17-25-15-27(19-41)28(20-42)16-26(25)18-34-24(4)32-10-8-22(2)30-12-14-38(6)46-36(44-34)40(30,32)50-48-38/h15-16,21-24,29-36,41-42H,7-14,17-20H2,1-6H3/t21-,22-,23-,24-,29+,30+,31+,32+,33-,34-,35-,36-,37+,38+,39?,40?/m1/s1. The number of aliphatic hydroxyl groups is 2. The van der Waals surface area contributed by atoms with Gasteiger partial charge in [-0.05, 0) is 123 Å². The molecule has 1 aromatic carbocycles. The Bertz CT molecular complexity index is 1360. The van der Waals surface area contributed by atoms with E-state index in [0.29, 0.717) is 36.5 Å². The van der Waals surface area contributed by atoms with Crippen molar-refractivity contribution in [1.29, 1.82) is 0 Å². The van der Waals surface area contributed by atoms with Crippen molar-refractivity contribution in [2.75, 3.05) is 0 Å². The second kappa shape index (κ2) is 12.2. The van der Waals surface area contributed by atoms with Gasteiger partial charge in [-0.15, -0.1) is 0 Å². The Hall–Kier alpha value is -1.18. The van der Waals surface area contributed by atoms with E-state index in [1.165, 1.54) is 0 Å². The third-order valence-electron chi connectivity index (χ3n) is 15.3. The smallest absolute Gasteiger partial charge is 0.201 e. The van der Waals surface area contributed by atoms with Crippen molar-refractivity contribution >= 4 is 0 Å². The van der Waals surface area contributed by atoms with Gasteiger partial charge in [0.15, 0.2) is 23.8 Å². The van der Waals surface area contributed by atoms with Crippen LogP contribution in [0.3, 0.4) is 0 Å². The minimum absolute atomic E-state index is 0.124. The predicted molar refractivity (Wildman–Crippen MR) is 179 cm³/mol. The van der Waals surface area contributed by atoms with Crippen LogP contribution in [0.2, 0.25) is 0 Å². The molecule has 1 aromatic rings. The Kier molecular flexibility index (Phi) is 8.41. The number of hydrogen-bond donors (Lipinski definition) is 2. The Morgan fingerprint density at radius 1 is 0.560 bits per heavy atom. The van der Waals surface area contributed by atoms with Crippen LogP contribution >= 0.6 is 0 Å². The first-order valence-electron chi connectivity index (χ1n) is 19.7. The van der Waals surface area contributed by atoms with E-state index in [9.17, 15) is 10.2 Å². The Morgan fingerprint density at radius 2 is 0.980 bits per heavy atom. The molecule has 10 aliphatic rings. The fraction of sp³-hybridized carbons (Fsp3) is 0.850. The molecule has 8 heterocycles. The fourth-order valence-corrected chi connectivity index (χ4v) is 12.3. The molecule has 2 N–H and O–H groups in total. The van der Waals surface area contributed by atoms with Crippen molar-refractivity contribution in [3.05, 3.63) is 34.4 Å². The molecule has 16 atom stereocenters. The van der Waals surface area contributed by atoms with Gasteiger partial charge < -0.3 is 29.2 Å². The van der Waals surface area contributed by atoms with Gasteiger partial charge in [0.25, 0.3) is 0 Å². The highest BCUT2D eigenvalue weighted by molar-refractivity contribution is 5.39. The highest BCUT2D eigenvalue weighted by atomic mass is 17.3. The SMILES string of the molecule is C[C@H]1[C@@H](Cc2cc(CO)c(CO)cc2C[C@H]2O[C@@H]3O[C@]4(C)CC[C@H]5[C@H](C)CC[C@@H]([C@H]2C)C35OO4)O[C@@H]2O[C@]3(C)CC[C@H]4[C@H](C)CC[C@@H]1C24OO3. The molecule has 2 aliphatic carbocycles. The average molecular weight is 699 g/mol. The van der Waals surface area contributed by atoms with Crippen molar-refractivity contribution in [2.45, 2.75) is 167 Å². The fourth-order valence-electron chi connectivity index (χ4n) is 12.3.